The number of fused-ring (bicyclic) bond motifs is 1. The summed E-state index contributed by atoms with van der Waals surface area (Å²) in [5, 5.41) is 4.53. The lowest BCUT2D eigenvalue weighted by molar-refractivity contribution is -0.113. The number of thiophene rings is 1. The van der Waals surface area contributed by atoms with Crippen LogP contribution in [-0.4, -0.2) is 29.2 Å². The second-order valence-electron chi connectivity index (χ2n) is 5.51. The first-order chi connectivity index (χ1) is 12.6. The summed E-state index contributed by atoms with van der Waals surface area (Å²) in [5.41, 5.74) is 1.71. The monoisotopic (exact) mass is 386 g/mol. The number of para-hydroxylation sites is 1. The zero-order valence-electron chi connectivity index (χ0n) is 14.4. The molecule has 0 aliphatic carbocycles. The topological polar surface area (TPSA) is 68.3 Å². The van der Waals surface area contributed by atoms with E-state index in [-0.39, 0.29) is 17.6 Å². The molecular weight excluding hydrogens is 368 g/mol. The van der Waals surface area contributed by atoms with Crippen molar-refractivity contribution in [3.63, 3.8) is 0 Å². The number of anilines is 1. The van der Waals surface area contributed by atoms with Crippen molar-refractivity contribution in [2.75, 3.05) is 17.7 Å². The minimum absolute atomic E-state index is 0.118. The van der Waals surface area contributed by atoms with Gasteiger partial charge < -0.3 is 10.1 Å². The number of esters is 1. The highest BCUT2D eigenvalue weighted by atomic mass is 32.2. The van der Waals surface area contributed by atoms with Crippen LogP contribution in [0.15, 0.2) is 47.5 Å². The Morgan fingerprint density at radius 3 is 2.88 bits per heavy atom. The van der Waals surface area contributed by atoms with Gasteiger partial charge in [-0.3, -0.25) is 9.78 Å². The SMILES string of the molecule is CCOC(=O)c1sc(NC(=O)CSc2ccnc3ccccc23)cc1C. The van der Waals surface area contributed by atoms with E-state index in [9.17, 15) is 9.59 Å². The molecule has 0 saturated carbocycles. The third-order valence-electron chi connectivity index (χ3n) is 3.61. The van der Waals surface area contributed by atoms with Crippen LogP contribution >= 0.6 is 23.1 Å². The van der Waals surface area contributed by atoms with Gasteiger partial charge in [-0.05, 0) is 37.6 Å². The first-order valence-electron chi connectivity index (χ1n) is 8.12. The number of pyridine rings is 1. The maximum Gasteiger partial charge on any atom is 0.348 e. The summed E-state index contributed by atoms with van der Waals surface area (Å²) in [6.07, 6.45) is 1.75. The smallest absolute Gasteiger partial charge is 0.348 e. The third-order valence-corrected chi connectivity index (χ3v) is 5.82. The second kappa shape index (κ2) is 8.33. The molecule has 1 N–H and O–H groups in total. The van der Waals surface area contributed by atoms with Crippen molar-refractivity contribution >= 4 is 50.9 Å². The van der Waals surface area contributed by atoms with Crippen LogP contribution in [0.1, 0.15) is 22.2 Å². The van der Waals surface area contributed by atoms with E-state index in [1.165, 1.54) is 23.1 Å². The van der Waals surface area contributed by atoms with Crippen LogP contribution in [0.25, 0.3) is 10.9 Å². The first kappa shape index (κ1) is 18.4. The number of amides is 1. The van der Waals surface area contributed by atoms with E-state index in [4.69, 9.17) is 4.74 Å². The van der Waals surface area contributed by atoms with E-state index in [0.29, 0.717) is 16.5 Å². The number of carbonyl (C=O) groups is 2. The van der Waals surface area contributed by atoms with Gasteiger partial charge in [0.25, 0.3) is 0 Å². The van der Waals surface area contributed by atoms with Gasteiger partial charge in [0.1, 0.15) is 4.88 Å². The molecule has 2 heterocycles. The Kier molecular flexibility index (Phi) is 5.90. The molecular formula is C19H18N2O3S2. The van der Waals surface area contributed by atoms with E-state index in [1.54, 1.807) is 19.2 Å². The molecule has 0 radical (unpaired) electrons. The van der Waals surface area contributed by atoms with Crippen molar-refractivity contribution < 1.29 is 14.3 Å². The molecule has 2 aromatic heterocycles. The van der Waals surface area contributed by atoms with Gasteiger partial charge in [-0.15, -0.1) is 23.1 Å². The number of ether oxygens (including phenoxy) is 1. The first-order valence-corrected chi connectivity index (χ1v) is 9.92. The molecule has 0 atom stereocenters. The van der Waals surface area contributed by atoms with Gasteiger partial charge in [0.2, 0.25) is 5.91 Å². The number of aromatic nitrogens is 1. The zero-order valence-corrected chi connectivity index (χ0v) is 16.1. The van der Waals surface area contributed by atoms with Gasteiger partial charge in [0.05, 0.1) is 22.9 Å². The van der Waals surface area contributed by atoms with E-state index in [0.717, 1.165) is 21.4 Å². The fourth-order valence-electron chi connectivity index (χ4n) is 2.46. The molecule has 0 aliphatic heterocycles. The van der Waals surface area contributed by atoms with Crippen molar-refractivity contribution in [3.8, 4) is 0 Å². The van der Waals surface area contributed by atoms with Gasteiger partial charge >= 0.3 is 5.97 Å². The molecule has 0 unspecified atom stereocenters. The Bertz CT molecular complexity index is 948. The molecule has 5 nitrogen and oxygen atoms in total. The number of thioether (sulfide) groups is 1. The maximum atomic E-state index is 12.3. The predicted octanol–water partition coefficient (Wildman–Crippen LogP) is 4.51. The minimum Gasteiger partial charge on any atom is -0.462 e. The van der Waals surface area contributed by atoms with Crippen LogP contribution in [-0.2, 0) is 9.53 Å². The van der Waals surface area contributed by atoms with Gasteiger partial charge in [-0.25, -0.2) is 4.79 Å². The number of nitrogens with one attached hydrogen (secondary N) is 1. The Balaban J connectivity index is 1.64. The Morgan fingerprint density at radius 1 is 1.27 bits per heavy atom. The van der Waals surface area contributed by atoms with Gasteiger partial charge in [0.15, 0.2) is 0 Å². The van der Waals surface area contributed by atoms with E-state index >= 15 is 0 Å². The summed E-state index contributed by atoms with van der Waals surface area (Å²) in [5.74, 6) is -0.194. The fourth-order valence-corrected chi connectivity index (χ4v) is 4.28. The maximum absolute atomic E-state index is 12.3. The number of hydrogen-bond donors (Lipinski definition) is 1. The van der Waals surface area contributed by atoms with Gasteiger partial charge in [-0.2, -0.15) is 0 Å². The number of benzene rings is 1. The highest BCUT2D eigenvalue weighted by Gasteiger charge is 2.16. The molecule has 7 heteroatoms. The number of hydrogen-bond acceptors (Lipinski definition) is 6. The standard InChI is InChI=1S/C19H18N2O3S2/c1-3-24-19(23)18-12(2)10-17(26-18)21-16(22)11-25-15-8-9-20-14-7-5-4-6-13(14)15/h4-10H,3,11H2,1-2H3,(H,21,22). The Labute approximate surface area is 159 Å². The normalized spacial score (nSPS) is 10.7. The van der Waals surface area contributed by atoms with Crippen LogP contribution < -0.4 is 5.32 Å². The summed E-state index contributed by atoms with van der Waals surface area (Å²) in [4.78, 5) is 30.0. The molecule has 0 saturated heterocycles. The van der Waals surface area contributed by atoms with Crippen molar-refractivity contribution in [3.05, 3.63) is 53.0 Å². The zero-order chi connectivity index (χ0) is 18.5. The summed E-state index contributed by atoms with van der Waals surface area (Å²) < 4.78 is 5.02. The molecule has 0 aliphatic rings. The summed E-state index contributed by atoms with van der Waals surface area (Å²) in [7, 11) is 0. The van der Waals surface area contributed by atoms with E-state index in [2.05, 4.69) is 10.3 Å². The second-order valence-corrected chi connectivity index (χ2v) is 7.58. The number of nitrogens with zero attached hydrogens (tertiary/aromatic N) is 1. The lowest BCUT2D eigenvalue weighted by atomic mass is 10.2. The Hall–Kier alpha value is -2.38. The van der Waals surface area contributed by atoms with Crippen LogP contribution in [0, 0.1) is 6.92 Å². The lowest BCUT2D eigenvalue weighted by Crippen LogP contribution is -2.13. The minimum atomic E-state index is -0.354. The number of carbonyl (C=O) groups excluding carboxylic acids is 2. The average molecular weight is 386 g/mol. The molecule has 0 bridgehead atoms. The van der Waals surface area contributed by atoms with Crippen LogP contribution in [0.3, 0.4) is 0 Å². The van der Waals surface area contributed by atoms with Crippen LogP contribution in [0.2, 0.25) is 0 Å². The molecule has 1 aromatic carbocycles. The molecule has 26 heavy (non-hydrogen) atoms. The third kappa shape index (κ3) is 4.23. The summed E-state index contributed by atoms with van der Waals surface area (Å²) in [6, 6.07) is 11.5. The quantitative estimate of drug-likeness (QED) is 0.499. The predicted molar refractivity (Wildman–Crippen MR) is 106 cm³/mol. The highest BCUT2D eigenvalue weighted by molar-refractivity contribution is 8.00. The summed E-state index contributed by atoms with van der Waals surface area (Å²) in [6.45, 7) is 3.92. The fraction of sp³-hybridized carbons (Fsp3) is 0.211. The molecule has 134 valence electrons. The van der Waals surface area contributed by atoms with Crippen molar-refractivity contribution in [2.45, 2.75) is 18.7 Å². The Morgan fingerprint density at radius 2 is 2.08 bits per heavy atom. The molecule has 0 fully saturated rings. The summed E-state index contributed by atoms with van der Waals surface area (Å²) >= 11 is 2.70. The van der Waals surface area contributed by atoms with E-state index in [1.807, 2.05) is 37.3 Å². The van der Waals surface area contributed by atoms with Crippen molar-refractivity contribution in [2.24, 2.45) is 0 Å². The molecule has 1 amide bonds. The number of rotatable bonds is 6. The van der Waals surface area contributed by atoms with E-state index < -0.39 is 0 Å². The van der Waals surface area contributed by atoms with Gasteiger partial charge in [-0.1, -0.05) is 18.2 Å². The van der Waals surface area contributed by atoms with Crippen LogP contribution in [0.4, 0.5) is 5.00 Å². The number of aryl methyl sites for hydroxylation is 1. The van der Waals surface area contributed by atoms with Crippen molar-refractivity contribution in [1.29, 1.82) is 0 Å². The molecule has 0 spiro atoms. The molecule has 3 aromatic rings. The highest BCUT2D eigenvalue weighted by Crippen LogP contribution is 2.29. The average Bonchev–Trinajstić information content (AvgIpc) is 3.00. The van der Waals surface area contributed by atoms with Crippen molar-refractivity contribution in [1.82, 2.24) is 4.98 Å². The van der Waals surface area contributed by atoms with Crippen LogP contribution in [0.5, 0.6) is 0 Å². The molecule has 3 rings (SSSR count). The lowest BCUT2D eigenvalue weighted by Gasteiger charge is -2.06. The largest absolute Gasteiger partial charge is 0.462 e. The van der Waals surface area contributed by atoms with Gasteiger partial charge in [0, 0.05) is 16.5 Å².